The highest BCUT2D eigenvalue weighted by atomic mass is 16.8. The number of aliphatic hydroxyl groups excluding tert-OH is 2. The molecule has 5 fully saturated rings. The third kappa shape index (κ3) is 2.53. The number of hydrogen-bond donors (Lipinski definition) is 3. The second-order valence-corrected chi connectivity index (χ2v) is 11.7. The number of ether oxygens (including phenoxy) is 5. The Bertz CT molecular complexity index is 1080. The van der Waals surface area contributed by atoms with E-state index in [1.807, 2.05) is 6.07 Å². The number of likely N-dealkylation sites (tertiary alicyclic amines) is 1. The molecule has 3 aliphatic carbocycles. The molecule has 3 unspecified atom stereocenters. The fourth-order valence-corrected chi connectivity index (χ4v) is 8.28. The van der Waals surface area contributed by atoms with Crippen LogP contribution in [0.2, 0.25) is 0 Å². The van der Waals surface area contributed by atoms with Gasteiger partial charge in [-0.2, -0.15) is 0 Å². The second-order valence-electron chi connectivity index (χ2n) is 11.7. The summed E-state index contributed by atoms with van der Waals surface area (Å²) in [5, 5.41) is 33.5. The number of aliphatic hydroxyl groups is 3. The highest BCUT2D eigenvalue weighted by molar-refractivity contribution is 5.63. The molecule has 3 saturated heterocycles. The first-order chi connectivity index (χ1) is 16.9. The molecule has 2 bridgehead atoms. The van der Waals surface area contributed by atoms with Crippen LogP contribution in [0.4, 0.5) is 0 Å². The van der Waals surface area contributed by atoms with E-state index in [1.165, 1.54) is 18.4 Å². The van der Waals surface area contributed by atoms with E-state index in [4.69, 9.17) is 23.7 Å². The molecular formula is C26H33NO8. The zero-order valence-electron chi connectivity index (χ0n) is 19.9. The number of fused-ring (bicyclic) bond motifs is 2. The quantitative estimate of drug-likeness (QED) is 0.560. The van der Waals surface area contributed by atoms with Crippen LogP contribution in [0, 0.1) is 5.92 Å². The Hall–Kier alpha value is -1.46. The molecule has 1 aromatic rings. The van der Waals surface area contributed by atoms with Gasteiger partial charge in [0.05, 0.1) is 24.7 Å². The molecule has 3 N–H and O–H groups in total. The van der Waals surface area contributed by atoms with Gasteiger partial charge in [0, 0.05) is 24.6 Å². The molecule has 1 aromatic carbocycles. The minimum atomic E-state index is -1.20. The van der Waals surface area contributed by atoms with Crippen LogP contribution in [0.5, 0.6) is 11.5 Å². The van der Waals surface area contributed by atoms with E-state index < -0.39 is 47.5 Å². The largest absolute Gasteiger partial charge is 0.493 e. The van der Waals surface area contributed by atoms with E-state index in [9.17, 15) is 15.3 Å². The van der Waals surface area contributed by atoms with Gasteiger partial charge in [-0.25, -0.2) is 0 Å². The van der Waals surface area contributed by atoms with Crippen molar-refractivity contribution in [2.45, 2.75) is 92.1 Å². The number of piperidine rings is 1. The van der Waals surface area contributed by atoms with E-state index >= 15 is 0 Å². The summed E-state index contributed by atoms with van der Waals surface area (Å²) >= 11 is 0. The highest BCUT2D eigenvalue weighted by Gasteiger charge is 2.79. The molecule has 0 amide bonds. The van der Waals surface area contributed by atoms with Crippen molar-refractivity contribution in [3.8, 4) is 11.5 Å². The molecule has 7 aliphatic rings. The van der Waals surface area contributed by atoms with Crippen molar-refractivity contribution < 1.29 is 39.0 Å². The van der Waals surface area contributed by atoms with Crippen LogP contribution in [-0.4, -0.2) is 95.2 Å². The van der Waals surface area contributed by atoms with Crippen LogP contribution in [0.25, 0.3) is 0 Å². The standard InChI is InChI=1S/C26H33NO8/c1-31-16-5-4-14-10-17-25(30)6-7-26(34-21-19(29)15(28)12-32-22(21)35-26)23-24(25,18(14)20(16)33-23)8-9-27(17)11-13-2-3-13/h4-5,13,15,17,19,21-23,28-30H,2-3,6-12H2,1H3/t15-,17-,19+,21?,22?,23?,24+,25-,26+/m1/s1. The van der Waals surface area contributed by atoms with Crippen LogP contribution in [0.1, 0.15) is 43.2 Å². The van der Waals surface area contributed by atoms with Gasteiger partial charge < -0.3 is 39.0 Å². The maximum atomic E-state index is 12.7. The Balaban J connectivity index is 1.27. The summed E-state index contributed by atoms with van der Waals surface area (Å²) in [5.74, 6) is 0.855. The van der Waals surface area contributed by atoms with Crippen molar-refractivity contribution in [2.24, 2.45) is 5.92 Å². The van der Waals surface area contributed by atoms with Crippen molar-refractivity contribution in [1.29, 1.82) is 0 Å². The minimum absolute atomic E-state index is 0.000474. The van der Waals surface area contributed by atoms with Gasteiger partial charge in [0.15, 0.2) is 23.9 Å². The summed E-state index contributed by atoms with van der Waals surface area (Å²) in [6.07, 6.45) is 0.581. The summed E-state index contributed by atoms with van der Waals surface area (Å²) in [4.78, 5) is 2.52. The molecule has 35 heavy (non-hydrogen) atoms. The van der Waals surface area contributed by atoms with Gasteiger partial charge in [-0.3, -0.25) is 4.90 Å². The smallest absolute Gasteiger partial charge is 0.210 e. The normalized spacial score (nSPS) is 49.5. The highest BCUT2D eigenvalue weighted by Crippen LogP contribution is 2.68. The molecule has 9 nitrogen and oxygen atoms in total. The van der Waals surface area contributed by atoms with Gasteiger partial charge in [0.2, 0.25) is 5.79 Å². The molecule has 4 heterocycles. The molecule has 0 aromatic heterocycles. The van der Waals surface area contributed by atoms with Crippen LogP contribution < -0.4 is 9.47 Å². The maximum absolute atomic E-state index is 12.7. The maximum Gasteiger partial charge on any atom is 0.210 e. The molecule has 9 atom stereocenters. The first kappa shape index (κ1) is 21.6. The minimum Gasteiger partial charge on any atom is -0.493 e. The summed E-state index contributed by atoms with van der Waals surface area (Å²) < 4.78 is 31.2. The average molecular weight is 488 g/mol. The first-order valence-electron chi connectivity index (χ1n) is 13.1. The number of rotatable bonds is 3. The first-order valence-corrected chi connectivity index (χ1v) is 13.1. The fourth-order valence-electron chi connectivity index (χ4n) is 8.28. The Kier molecular flexibility index (Phi) is 4.25. The van der Waals surface area contributed by atoms with Crippen molar-refractivity contribution >= 4 is 0 Å². The van der Waals surface area contributed by atoms with E-state index in [0.717, 1.165) is 37.4 Å². The third-order valence-corrected chi connectivity index (χ3v) is 10.1. The van der Waals surface area contributed by atoms with Gasteiger partial charge in [-0.1, -0.05) is 6.07 Å². The predicted molar refractivity (Wildman–Crippen MR) is 120 cm³/mol. The van der Waals surface area contributed by atoms with E-state index in [1.54, 1.807) is 7.11 Å². The van der Waals surface area contributed by atoms with Crippen LogP contribution in [-0.2, 0) is 26.0 Å². The SMILES string of the molecule is COc1ccc2c3c1OC1[C@]4(CC[C@@]5(O)[C@@H](C2)N(CC2CC2)CC[C@]315)OC1OC[C@@H](O)[C@H](O)C1O4. The van der Waals surface area contributed by atoms with Crippen LogP contribution >= 0.6 is 0 Å². The van der Waals surface area contributed by atoms with E-state index in [-0.39, 0.29) is 12.6 Å². The summed E-state index contributed by atoms with van der Waals surface area (Å²) in [7, 11) is 1.63. The fraction of sp³-hybridized carbons (Fsp3) is 0.769. The summed E-state index contributed by atoms with van der Waals surface area (Å²) in [6.45, 7) is 1.89. The molecule has 4 aliphatic heterocycles. The van der Waals surface area contributed by atoms with Crippen molar-refractivity contribution in [1.82, 2.24) is 4.90 Å². The van der Waals surface area contributed by atoms with E-state index in [2.05, 4.69) is 11.0 Å². The molecular weight excluding hydrogens is 454 g/mol. The number of hydrogen-bond acceptors (Lipinski definition) is 9. The lowest BCUT2D eigenvalue weighted by Gasteiger charge is -2.65. The lowest BCUT2D eigenvalue weighted by atomic mass is 9.48. The molecule has 2 saturated carbocycles. The topological polar surface area (TPSA) is 110 Å². The lowest BCUT2D eigenvalue weighted by Crippen LogP contribution is -2.79. The van der Waals surface area contributed by atoms with E-state index in [0.29, 0.717) is 24.3 Å². The molecule has 2 spiro atoms. The lowest BCUT2D eigenvalue weighted by molar-refractivity contribution is -0.314. The summed E-state index contributed by atoms with van der Waals surface area (Å²) in [6, 6.07) is 4.08. The Morgan fingerprint density at radius 2 is 2.00 bits per heavy atom. The molecule has 9 heteroatoms. The van der Waals surface area contributed by atoms with Gasteiger partial charge in [-0.15, -0.1) is 0 Å². The Morgan fingerprint density at radius 1 is 1.14 bits per heavy atom. The Morgan fingerprint density at radius 3 is 2.80 bits per heavy atom. The van der Waals surface area contributed by atoms with Gasteiger partial charge in [0.25, 0.3) is 0 Å². The van der Waals surface area contributed by atoms with Crippen LogP contribution in [0.3, 0.4) is 0 Å². The monoisotopic (exact) mass is 487 g/mol. The molecule has 8 rings (SSSR count). The zero-order valence-corrected chi connectivity index (χ0v) is 19.9. The average Bonchev–Trinajstić information content (AvgIpc) is 3.47. The molecule has 0 radical (unpaired) electrons. The summed E-state index contributed by atoms with van der Waals surface area (Å²) in [5.41, 5.74) is 0.511. The zero-order chi connectivity index (χ0) is 23.7. The third-order valence-electron chi connectivity index (χ3n) is 10.1. The van der Waals surface area contributed by atoms with Gasteiger partial charge >= 0.3 is 0 Å². The number of methoxy groups -OCH3 is 1. The molecule has 190 valence electrons. The number of benzene rings is 1. The van der Waals surface area contributed by atoms with Gasteiger partial charge in [-0.05, 0) is 56.2 Å². The van der Waals surface area contributed by atoms with Crippen molar-refractivity contribution in [3.05, 3.63) is 23.3 Å². The van der Waals surface area contributed by atoms with Crippen molar-refractivity contribution in [3.63, 3.8) is 0 Å². The predicted octanol–water partition coefficient (Wildman–Crippen LogP) is 0.449. The van der Waals surface area contributed by atoms with Crippen LogP contribution in [0.15, 0.2) is 12.1 Å². The van der Waals surface area contributed by atoms with Crippen molar-refractivity contribution in [2.75, 3.05) is 26.8 Å². The second kappa shape index (κ2) is 6.89. The van der Waals surface area contributed by atoms with Gasteiger partial charge in [0.1, 0.15) is 18.3 Å². The Labute approximate surface area is 203 Å². The number of nitrogens with zero attached hydrogens (tertiary/aromatic N) is 1.